The first-order chi connectivity index (χ1) is 0. The van der Waals surface area contributed by atoms with E-state index in [0.29, 0.717) is 0 Å². The zero-order valence-electron chi connectivity index (χ0n) is 1.89. The van der Waals surface area contributed by atoms with E-state index >= 15 is 0 Å². The molecule has 0 unspecified atom stereocenters. The smallest absolute Gasteiger partial charge is 2.00 e. The van der Waals surface area contributed by atoms with Gasteiger partial charge < -0.3 is 5.48 Å². The molecule has 0 spiro atoms. The van der Waals surface area contributed by atoms with Crippen LogP contribution in [0.2, 0.25) is 0 Å². The first-order valence-electron chi connectivity index (χ1n) is 0. The van der Waals surface area contributed by atoms with Gasteiger partial charge in [-0.1, -0.05) is 0 Å². The summed E-state index contributed by atoms with van der Waals surface area (Å²) < 4.78 is 0. The molecule has 0 bridgehead atoms. The minimum atomic E-state index is 0. The predicted octanol–water partition coefficient (Wildman–Crippen LogP) is -0.500. The number of hydrogen-bond acceptors (Lipinski definition) is 0. The molecule has 0 aromatic rings. The average molecular weight is 333 g/mol. The number of hydrogen-bond donors (Lipinski definition) is 0. The standard InChI is InChI=1S/Al.Ce.O.Sm/q2*+3;-2;+3. The summed E-state index contributed by atoms with van der Waals surface area (Å²) in [6, 6.07) is 0. The van der Waals surface area contributed by atoms with Crippen molar-refractivity contribution in [2.24, 2.45) is 0 Å². The molecular weight excluding hydrogens is 333 g/mol. The molecule has 0 heterocycles. The van der Waals surface area contributed by atoms with Crippen molar-refractivity contribution < 1.29 is 87.6 Å². The zero-order valence-corrected chi connectivity index (χ0v) is 8.81. The first kappa shape index (κ1) is 27.0. The molecule has 12 valence electrons. The van der Waals surface area contributed by atoms with Gasteiger partial charge in [0.15, 0.2) is 0 Å². The maximum Gasteiger partial charge on any atom is 3.00 e. The SMILES string of the molecule is [Al+3].[Ce+3].[O-2].[Sm+3]. The number of rotatable bonds is 0. The van der Waals surface area contributed by atoms with Gasteiger partial charge in [-0.2, -0.15) is 0 Å². The van der Waals surface area contributed by atoms with E-state index in [9.17, 15) is 0 Å². The maximum atomic E-state index is 0. The zero-order chi connectivity index (χ0) is 0. The minimum Gasteiger partial charge on any atom is -2.00 e. The van der Waals surface area contributed by atoms with Crippen molar-refractivity contribution in [1.29, 1.82) is 0 Å². The summed E-state index contributed by atoms with van der Waals surface area (Å²) in [6.07, 6.45) is 0. The van der Waals surface area contributed by atoms with E-state index in [1.54, 1.807) is 0 Å². The molecule has 1 nitrogen and oxygen atoms in total. The van der Waals surface area contributed by atoms with Gasteiger partial charge in [0.2, 0.25) is 0 Å². The molecule has 0 rings (SSSR count). The van der Waals surface area contributed by atoms with Crippen LogP contribution in [0.15, 0.2) is 0 Å². The van der Waals surface area contributed by atoms with E-state index < -0.39 is 0 Å². The molecule has 4 heteroatoms. The maximum absolute atomic E-state index is 0. The Morgan fingerprint density at radius 1 is 1.00 bits per heavy atom. The molecule has 0 N–H and O–H groups in total. The van der Waals surface area contributed by atoms with Crippen molar-refractivity contribution in [2.45, 2.75) is 0 Å². The summed E-state index contributed by atoms with van der Waals surface area (Å²) in [5.41, 5.74) is 0. The Balaban J connectivity index is 0. The molecule has 0 aliphatic rings. The Bertz CT molecular complexity index is 8.00. The minimum absolute atomic E-state index is 0. The average Bonchev–Trinajstić information content (AvgIpc) is 0. The third kappa shape index (κ3) is 8.96. The summed E-state index contributed by atoms with van der Waals surface area (Å²) >= 11 is 0. The molecule has 0 saturated carbocycles. The van der Waals surface area contributed by atoms with Crippen molar-refractivity contribution in [1.82, 2.24) is 0 Å². The fourth-order valence-corrected chi connectivity index (χ4v) is 0. The van der Waals surface area contributed by atoms with E-state index in [1.807, 2.05) is 0 Å². The van der Waals surface area contributed by atoms with Gasteiger partial charge in [0.05, 0.1) is 0 Å². The summed E-state index contributed by atoms with van der Waals surface area (Å²) in [5, 5.41) is 0. The van der Waals surface area contributed by atoms with Gasteiger partial charge in [-0.3, -0.25) is 0 Å². The molecule has 0 fully saturated rings. The normalized spacial score (nSPS) is 0. The Morgan fingerprint density at radius 2 is 1.00 bits per heavy atom. The van der Waals surface area contributed by atoms with E-state index in [2.05, 4.69) is 0 Å². The van der Waals surface area contributed by atoms with Crippen LogP contribution in [0.5, 0.6) is 0 Å². The molecule has 0 atom stereocenters. The second kappa shape index (κ2) is 16.4. The third-order valence-electron chi connectivity index (χ3n) is 0. The van der Waals surface area contributed by atoms with Gasteiger partial charge in [-0.05, 0) is 0 Å². The predicted molar refractivity (Wildman–Crippen MR) is 6.44 cm³/mol. The Morgan fingerprint density at radius 3 is 1.00 bits per heavy atom. The Hall–Kier alpha value is 3.21. The van der Waals surface area contributed by atoms with Crippen molar-refractivity contribution in [3.05, 3.63) is 0 Å². The first-order valence-corrected chi connectivity index (χ1v) is 0. The second-order valence-electron chi connectivity index (χ2n) is 0. The van der Waals surface area contributed by atoms with Gasteiger partial charge >= 0.3 is 99.5 Å². The fourth-order valence-electron chi connectivity index (χ4n) is 0. The molecule has 4 heavy (non-hydrogen) atoms. The molecule has 0 saturated heterocycles. The van der Waals surface area contributed by atoms with Gasteiger partial charge in [0.1, 0.15) is 0 Å². The van der Waals surface area contributed by atoms with Crippen molar-refractivity contribution in [3.63, 3.8) is 0 Å². The van der Waals surface area contributed by atoms with Crippen LogP contribution in [-0.4, -0.2) is 17.4 Å². The quantitative estimate of drug-likeness (QED) is 0.535. The Labute approximate surface area is 102 Å². The monoisotopic (exact) mass is 335 g/mol. The third-order valence-corrected chi connectivity index (χ3v) is 0. The van der Waals surface area contributed by atoms with Crippen LogP contribution in [0, 0.1) is 82.1 Å². The van der Waals surface area contributed by atoms with Crippen LogP contribution in [0.4, 0.5) is 0 Å². The molecule has 2 radical (unpaired) electrons. The van der Waals surface area contributed by atoms with Crippen LogP contribution < -0.4 is 0 Å². The summed E-state index contributed by atoms with van der Waals surface area (Å²) in [4.78, 5) is 0. The van der Waals surface area contributed by atoms with Gasteiger partial charge in [0.25, 0.3) is 0 Å². The van der Waals surface area contributed by atoms with E-state index in [1.165, 1.54) is 0 Å². The molecular formula is AlCeOSm+7. The molecule has 0 aliphatic heterocycles. The van der Waals surface area contributed by atoms with Gasteiger partial charge in [0, 0.05) is 0 Å². The largest absolute Gasteiger partial charge is 3.00 e. The van der Waals surface area contributed by atoms with Crippen molar-refractivity contribution >= 4 is 17.4 Å². The topological polar surface area (TPSA) is 28.5 Å². The second-order valence-corrected chi connectivity index (χ2v) is 0. The van der Waals surface area contributed by atoms with E-state index in [0.717, 1.165) is 0 Å². The van der Waals surface area contributed by atoms with Crippen LogP contribution in [-0.2, 0) is 5.48 Å². The van der Waals surface area contributed by atoms with Crippen LogP contribution >= 0.6 is 0 Å². The summed E-state index contributed by atoms with van der Waals surface area (Å²) in [5.74, 6) is 0. The van der Waals surface area contributed by atoms with E-state index in [4.69, 9.17) is 0 Å². The van der Waals surface area contributed by atoms with Crippen LogP contribution in [0.1, 0.15) is 0 Å². The van der Waals surface area contributed by atoms with Crippen LogP contribution in [0.3, 0.4) is 0 Å². The summed E-state index contributed by atoms with van der Waals surface area (Å²) in [6.45, 7) is 0. The van der Waals surface area contributed by atoms with Gasteiger partial charge in [-0.15, -0.1) is 0 Å². The Kier molecular flexibility index (Phi) is 110. The molecule has 0 aromatic heterocycles. The van der Waals surface area contributed by atoms with E-state index in [-0.39, 0.29) is 105 Å². The molecule has 0 aliphatic carbocycles. The van der Waals surface area contributed by atoms with Crippen LogP contribution in [0.25, 0.3) is 0 Å². The van der Waals surface area contributed by atoms with Gasteiger partial charge in [-0.25, -0.2) is 0 Å². The molecule has 0 amide bonds. The fraction of sp³-hybridized carbons (Fsp3) is 0. The van der Waals surface area contributed by atoms with Crippen molar-refractivity contribution in [2.75, 3.05) is 0 Å². The van der Waals surface area contributed by atoms with Crippen molar-refractivity contribution in [3.8, 4) is 0 Å². The summed E-state index contributed by atoms with van der Waals surface area (Å²) in [7, 11) is 0. The molecule has 0 aromatic carbocycles.